The summed E-state index contributed by atoms with van der Waals surface area (Å²) in [6, 6.07) is 13.8. The number of rotatable bonds is 7. The molecular weight excluding hydrogens is 457 g/mol. The van der Waals surface area contributed by atoms with Gasteiger partial charge < -0.3 is 25.2 Å². The first kappa shape index (κ1) is 22.9. The molecule has 2 rings (SSSR count). The number of hydrogen-bond donors (Lipinski definition) is 3. The van der Waals surface area contributed by atoms with Crippen molar-refractivity contribution in [2.24, 2.45) is 4.99 Å². The van der Waals surface area contributed by atoms with E-state index in [0.29, 0.717) is 18.0 Å². The second kappa shape index (κ2) is 11.5. The summed E-state index contributed by atoms with van der Waals surface area (Å²) in [5, 5.41) is 16.7. The topological polar surface area (TPSA) is 75.1 Å². The van der Waals surface area contributed by atoms with E-state index in [1.165, 1.54) is 19.8 Å². The summed E-state index contributed by atoms with van der Waals surface area (Å²) in [4.78, 5) is 4.63. The summed E-state index contributed by atoms with van der Waals surface area (Å²) in [5.41, 5.74) is 2.06. The maximum Gasteiger partial charge on any atom is 0.200 e. The molecular formula is C20H28IN3O3. The predicted octanol–water partition coefficient (Wildman–Crippen LogP) is 3.84. The Morgan fingerprint density at radius 3 is 2.22 bits per heavy atom. The van der Waals surface area contributed by atoms with E-state index in [4.69, 9.17) is 9.47 Å². The fourth-order valence-electron chi connectivity index (χ4n) is 2.56. The Balaban J connectivity index is 0.00000364. The number of benzene rings is 2. The van der Waals surface area contributed by atoms with Gasteiger partial charge >= 0.3 is 0 Å². The highest BCUT2D eigenvalue weighted by atomic mass is 127. The van der Waals surface area contributed by atoms with Crippen LogP contribution in [0.3, 0.4) is 0 Å². The van der Waals surface area contributed by atoms with Crippen molar-refractivity contribution < 1.29 is 14.6 Å². The first-order valence-electron chi connectivity index (χ1n) is 8.62. The summed E-state index contributed by atoms with van der Waals surface area (Å²) < 4.78 is 10.4. The second-order valence-corrected chi connectivity index (χ2v) is 5.82. The molecule has 148 valence electrons. The van der Waals surface area contributed by atoms with E-state index < -0.39 is 0 Å². The Hall–Kier alpha value is -2.16. The molecule has 0 amide bonds. The van der Waals surface area contributed by atoms with E-state index >= 15 is 0 Å². The quantitative estimate of drug-likeness (QED) is 0.316. The van der Waals surface area contributed by atoms with Gasteiger partial charge in [-0.2, -0.15) is 0 Å². The molecule has 0 radical (unpaired) electrons. The summed E-state index contributed by atoms with van der Waals surface area (Å²) in [6.07, 6.45) is 0. The molecule has 1 atom stereocenters. The zero-order chi connectivity index (χ0) is 18.9. The Labute approximate surface area is 178 Å². The van der Waals surface area contributed by atoms with Crippen LogP contribution in [0.1, 0.15) is 31.0 Å². The highest BCUT2D eigenvalue weighted by molar-refractivity contribution is 14.0. The van der Waals surface area contributed by atoms with Gasteiger partial charge in [0.25, 0.3) is 0 Å². The van der Waals surface area contributed by atoms with Crippen molar-refractivity contribution >= 4 is 29.9 Å². The fourth-order valence-corrected chi connectivity index (χ4v) is 2.56. The number of nitrogens with one attached hydrogen (secondary N) is 2. The highest BCUT2D eigenvalue weighted by Gasteiger charge is 2.12. The van der Waals surface area contributed by atoms with E-state index in [0.717, 1.165) is 18.1 Å². The molecule has 0 fully saturated rings. The van der Waals surface area contributed by atoms with Crippen molar-refractivity contribution in [3.8, 4) is 17.2 Å². The Kier molecular flexibility index (Phi) is 9.77. The molecule has 0 bridgehead atoms. The van der Waals surface area contributed by atoms with Gasteiger partial charge in [-0.25, -0.2) is 4.99 Å². The number of hydrogen-bond acceptors (Lipinski definition) is 4. The van der Waals surface area contributed by atoms with Crippen LogP contribution in [0, 0.1) is 0 Å². The zero-order valence-corrected chi connectivity index (χ0v) is 18.5. The summed E-state index contributed by atoms with van der Waals surface area (Å²) in [5.74, 6) is 1.44. The first-order valence-corrected chi connectivity index (χ1v) is 8.62. The van der Waals surface area contributed by atoms with Crippen LogP contribution < -0.4 is 20.1 Å². The van der Waals surface area contributed by atoms with E-state index in [1.54, 1.807) is 12.1 Å². The fraction of sp³-hybridized carbons (Fsp3) is 0.350. The largest absolute Gasteiger partial charge is 0.502 e. The first-order chi connectivity index (χ1) is 12.6. The van der Waals surface area contributed by atoms with Crippen LogP contribution in [-0.2, 0) is 6.54 Å². The maximum absolute atomic E-state index is 10.0. The van der Waals surface area contributed by atoms with E-state index in [9.17, 15) is 5.11 Å². The van der Waals surface area contributed by atoms with Crippen LogP contribution in [-0.4, -0.2) is 31.8 Å². The van der Waals surface area contributed by atoms with Crippen LogP contribution in [0.25, 0.3) is 0 Å². The number of nitrogens with zero attached hydrogens (tertiary/aromatic N) is 1. The van der Waals surface area contributed by atoms with Gasteiger partial charge in [0.05, 0.1) is 26.8 Å². The number of phenolic OH excluding ortho intramolecular Hbond substituents is 1. The smallest absolute Gasteiger partial charge is 0.200 e. The number of aliphatic imine (C=N–C) groups is 1. The van der Waals surface area contributed by atoms with Crippen molar-refractivity contribution in [1.82, 2.24) is 10.6 Å². The van der Waals surface area contributed by atoms with E-state index in [2.05, 4.69) is 34.7 Å². The Morgan fingerprint density at radius 2 is 1.70 bits per heavy atom. The maximum atomic E-state index is 10.0. The average Bonchev–Trinajstić information content (AvgIpc) is 2.67. The van der Waals surface area contributed by atoms with Gasteiger partial charge in [-0.15, -0.1) is 24.0 Å². The van der Waals surface area contributed by atoms with E-state index in [-0.39, 0.29) is 35.8 Å². The van der Waals surface area contributed by atoms with Crippen molar-refractivity contribution in [3.63, 3.8) is 0 Å². The van der Waals surface area contributed by atoms with Gasteiger partial charge in [-0.3, -0.25) is 0 Å². The molecule has 0 saturated carbocycles. The minimum Gasteiger partial charge on any atom is -0.502 e. The van der Waals surface area contributed by atoms with Gasteiger partial charge in [0.15, 0.2) is 17.5 Å². The average molecular weight is 485 g/mol. The monoisotopic (exact) mass is 485 g/mol. The third-order valence-corrected chi connectivity index (χ3v) is 3.96. The molecule has 0 aromatic heterocycles. The van der Waals surface area contributed by atoms with Crippen LogP contribution in [0.15, 0.2) is 47.5 Å². The summed E-state index contributed by atoms with van der Waals surface area (Å²) in [7, 11) is 3.02. The molecule has 7 heteroatoms. The van der Waals surface area contributed by atoms with Gasteiger partial charge in [0, 0.05) is 6.54 Å². The van der Waals surface area contributed by atoms with Crippen molar-refractivity contribution in [3.05, 3.63) is 53.6 Å². The lowest BCUT2D eigenvalue weighted by atomic mass is 10.1. The summed E-state index contributed by atoms with van der Waals surface area (Å²) >= 11 is 0. The second-order valence-electron chi connectivity index (χ2n) is 5.82. The SMILES string of the molecule is CCNC(=NCc1cc(OC)c(O)c(OC)c1)NC(C)c1ccccc1.I. The molecule has 3 N–H and O–H groups in total. The molecule has 2 aromatic carbocycles. The molecule has 0 saturated heterocycles. The standard InChI is InChI=1S/C20H27N3O3.HI/c1-5-21-20(23-14(2)16-9-7-6-8-10-16)22-13-15-11-17(25-3)19(24)18(12-15)26-4;/h6-12,14,24H,5,13H2,1-4H3,(H2,21,22,23);1H. The minimum absolute atomic E-state index is 0. The minimum atomic E-state index is -0.00883. The predicted molar refractivity (Wildman–Crippen MR) is 119 cm³/mol. The number of ether oxygens (including phenoxy) is 2. The lowest BCUT2D eigenvalue weighted by Crippen LogP contribution is -2.38. The molecule has 6 nitrogen and oxygen atoms in total. The number of aromatic hydroxyl groups is 1. The molecule has 0 aliphatic rings. The highest BCUT2D eigenvalue weighted by Crippen LogP contribution is 2.37. The zero-order valence-electron chi connectivity index (χ0n) is 16.2. The lowest BCUT2D eigenvalue weighted by molar-refractivity contribution is 0.339. The number of guanidine groups is 1. The van der Waals surface area contributed by atoms with Crippen LogP contribution in [0.2, 0.25) is 0 Å². The van der Waals surface area contributed by atoms with Crippen molar-refractivity contribution in [1.29, 1.82) is 0 Å². The van der Waals surface area contributed by atoms with Gasteiger partial charge in [0.2, 0.25) is 5.75 Å². The van der Waals surface area contributed by atoms with E-state index in [1.807, 2.05) is 25.1 Å². The Morgan fingerprint density at radius 1 is 1.11 bits per heavy atom. The van der Waals surface area contributed by atoms with Gasteiger partial charge in [-0.05, 0) is 37.1 Å². The number of phenols is 1. The lowest BCUT2D eigenvalue weighted by Gasteiger charge is -2.18. The number of halogens is 1. The molecule has 2 aromatic rings. The van der Waals surface area contributed by atoms with Crippen LogP contribution in [0.4, 0.5) is 0 Å². The molecule has 0 heterocycles. The molecule has 0 aliphatic carbocycles. The Bertz CT molecular complexity index is 714. The number of methoxy groups -OCH3 is 2. The molecule has 0 aliphatic heterocycles. The third-order valence-electron chi connectivity index (χ3n) is 3.96. The van der Waals surface area contributed by atoms with Crippen LogP contribution in [0.5, 0.6) is 17.2 Å². The third kappa shape index (κ3) is 6.50. The van der Waals surface area contributed by atoms with Crippen molar-refractivity contribution in [2.75, 3.05) is 20.8 Å². The van der Waals surface area contributed by atoms with Gasteiger partial charge in [-0.1, -0.05) is 30.3 Å². The molecule has 1 unspecified atom stereocenters. The molecule has 0 spiro atoms. The summed E-state index contributed by atoms with van der Waals surface area (Å²) in [6.45, 7) is 5.30. The normalized spacial score (nSPS) is 11.9. The molecule has 27 heavy (non-hydrogen) atoms. The van der Waals surface area contributed by atoms with Crippen LogP contribution >= 0.6 is 24.0 Å². The van der Waals surface area contributed by atoms with Crippen molar-refractivity contribution in [2.45, 2.75) is 26.4 Å². The van der Waals surface area contributed by atoms with Gasteiger partial charge in [0.1, 0.15) is 0 Å².